The van der Waals surface area contributed by atoms with Gasteiger partial charge in [0.2, 0.25) is 0 Å². The van der Waals surface area contributed by atoms with Crippen LogP contribution in [0.25, 0.3) is 0 Å². The summed E-state index contributed by atoms with van der Waals surface area (Å²) in [6, 6.07) is 8.98. The Morgan fingerprint density at radius 2 is 1.84 bits per heavy atom. The van der Waals surface area contributed by atoms with Gasteiger partial charge in [0.05, 0.1) is 12.7 Å². The molecule has 1 aromatic carbocycles. The molecule has 0 aromatic heterocycles. The molecule has 2 nitrogen and oxygen atoms in total. The van der Waals surface area contributed by atoms with Gasteiger partial charge in [-0.1, -0.05) is 56.9 Å². The Hall–Kier alpha value is 0.244. The van der Waals surface area contributed by atoms with Gasteiger partial charge in [-0.15, -0.1) is 0 Å². The van der Waals surface area contributed by atoms with Crippen molar-refractivity contribution in [1.82, 2.24) is 0 Å². The zero-order valence-electron chi connectivity index (χ0n) is 16.0. The van der Waals surface area contributed by atoms with Crippen LogP contribution in [0, 0.1) is 12.8 Å². The van der Waals surface area contributed by atoms with Crippen molar-refractivity contribution in [3.8, 4) is 0 Å². The molecule has 0 saturated heterocycles. The summed E-state index contributed by atoms with van der Waals surface area (Å²) >= 11 is 0. The third-order valence-corrected chi connectivity index (χ3v) is 5.31. The second-order valence-electron chi connectivity index (χ2n) is 7.26. The number of aliphatic hydroxyl groups is 1. The Morgan fingerprint density at radius 1 is 1.08 bits per heavy atom. The molecule has 2 rings (SSSR count). The molecular formula is C22H35O2Y-. The molecule has 3 unspecified atom stereocenters. The Balaban J connectivity index is 0.00000312. The van der Waals surface area contributed by atoms with Gasteiger partial charge < -0.3 is 16.8 Å². The molecule has 1 aliphatic carbocycles. The smallest absolute Gasteiger partial charge is 0.0612 e. The van der Waals surface area contributed by atoms with Crippen LogP contribution in [0.5, 0.6) is 0 Å². The minimum atomic E-state index is -0.221. The van der Waals surface area contributed by atoms with E-state index in [1.165, 1.54) is 43.2 Å². The van der Waals surface area contributed by atoms with E-state index in [1.54, 1.807) is 0 Å². The first-order valence-electron chi connectivity index (χ1n) is 9.90. The van der Waals surface area contributed by atoms with E-state index in [0.717, 1.165) is 38.9 Å². The summed E-state index contributed by atoms with van der Waals surface area (Å²) in [6.45, 7) is 7.66. The summed E-state index contributed by atoms with van der Waals surface area (Å²) in [6.07, 6.45) is 10.1. The monoisotopic (exact) mass is 420 g/mol. The van der Waals surface area contributed by atoms with E-state index in [0.29, 0.717) is 5.92 Å². The average Bonchev–Trinajstić information content (AvgIpc) is 2.97. The van der Waals surface area contributed by atoms with E-state index in [4.69, 9.17) is 4.74 Å². The third kappa shape index (κ3) is 7.79. The topological polar surface area (TPSA) is 29.5 Å². The molecule has 1 saturated carbocycles. The molecule has 1 N–H and O–H groups in total. The minimum Gasteiger partial charge on any atom is -0.392 e. The van der Waals surface area contributed by atoms with Crippen molar-refractivity contribution in [1.29, 1.82) is 0 Å². The normalized spacial score (nSPS) is 22.8. The fraction of sp³-hybridized carbons (Fsp3) is 0.682. The second kappa shape index (κ2) is 13.4. The van der Waals surface area contributed by atoms with Crippen molar-refractivity contribution in [2.45, 2.75) is 76.7 Å². The van der Waals surface area contributed by atoms with E-state index >= 15 is 0 Å². The molecule has 0 aliphatic heterocycles. The van der Waals surface area contributed by atoms with Gasteiger partial charge >= 0.3 is 0 Å². The van der Waals surface area contributed by atoms with Gasteiger partial charge in [-0.2, -0.15) is 6.42 Å². The Bertz CT molecular complexity index is 446. The maximum atomic E-state index is 10.4. The number of rotatable bonds is 11. The van der Waals surface area contributed by atoms with Crippen LogP contribution in [0.15, 0.2) is 24.3 Å². The summed E-state index contributed by atoms with van der Waals surface area (Å²) in [5, 5.41) is 10.4. The fourth-order valence-electron chi connectivity index (χ4n) is 3.84. The van der Waals surface area contributed by atoms with Gasteiger partial charge in [0, 0.05) is 45.2 Å². The first-order valence-corrected chi connectivity index (χ1v) is 9.90. The van der Waals surface area contributed by atoms with Crippen LogP contribution < -0.4 is 0 Å². The molecule has 1 fully saturated rings. The molecule has 0 amide bonds. The van der Waals surface area contributed by atoms with Gasteiger partial charge in [-0.3, -0.25) is 0 Å². The number of aliphatic hydroxyl groups excluding tert-OH is 1. The van der Waals surface area contributed by atoms with E-state index < -0.39 is 0 Å². The molecule has 3 atom stereocenters. The minimum absolute atomic E-state index is 0. The van der Waals surface area contributed by atoms with Crippen LogP contribution in [0.1, 0.15) is 75.3 Å². The van der Waals surface area contributed by atoms with Crippen molar-refractivity contribution in [3.05, 3.63) is 42.3 Å². The Morgan fingerprint density at radius 3 is 2.52 bits per heavy atom. The summed E-state index contributed by atoms with van der Waals surface area (Å²) in [7, 11) is 0. The quantitative estimate of drug-likeness (QED) is 0.389. The van der Waals surface area contributed by atoms with Crippen molar-refractivity contribution >= 4 is 0 Å². The summed E-state index contributed by atoms with van der Waals surface area (Å²) < 4.78 is 5.81. The van der Waals surface area contributed by atoms with Crippen molar-refractivity contribution in [2.24, 2.45) is 5.92 Å². The first kappa shape index (κ1) is 23.3. The Labute approximate surface area is 180 Å². The van der Waals surface area contributed by atoms with E-state index in [-0.39, 0.29) is 44.7 Å². The third-order valence-electron chi connectivity index (χ3n) is 5.31. The number of ether oxygens (including phenoxy) is 1. The fourth-order valence-corrected chi connectivity index (χ4v) is 3.84. The van der Waals surface area contributed by atoms with E-state index in [1.807, 2.05) is 0 Å². The predicted octanol–water partition coefficient (Wildman–Crippen LogP) is 5.29. The summed E-state index contributed by atoms with van der Waals surface area (Å²) in [5.41, 5.74) is 2.70. The predicted molar refractivity (Wildman–Crippen MR) is 101 cm³/mol. The van der Waals surface area contributed by atoms with Crippen LogP contribution >= 0.6 is 0 Å². The summed E-state index contributed by atoms with van der Waals surface area (Å²) in [4.78, 5) is 0. The molecule has 0 spiro atoms. The van der Waals surface area contributed by atoms with Crippen LogP contribution in [0.3, 0.4) is 0 Å². The van der Waals surface area contributed by atoms with Gasteiger partial charge in [-0.05, 0) is 42.7 Å². The number of aryl methyl sites for hydroxylation is 1. The maximum absolute atomic E-state index is 10.4. The molecule has 0 bridgehead atoms. The molecule has 1 radical (unpaired) electrons. The number of hydrogen-bond acceptors (Lipinski definition) is 2. The zero-order valence-corrected chi connectivity index (χ0v) is 18.8. The van der Waals surface area contributed by atoms with Gasteiger partial charge in [0.15, 0.2) is 0 Å². The molecular weight excluding hydrogens is 385 g/mol. The Kier molecular flexibility index (Phi) is 12.5. The van der Waals surface area contributed by atoms with Gasteiger partial charge in [0.1, 0.15) is 0 Å². The van der Waals surface area contributed by atoms with E-state index in [2.05, 4.69) is 38.1 Å². The van der Waals surface area contributed by atoms with E-state index in [9.17, 15) is 5.11 Å². The number of hydrogen-bond donors (Lipinski definition) is 1. The summed E-state index contributed by atoms with van der Waals surface area (Å²) in [5.74, 6) is 0.680. The molecule has 1 aliphatic rings. The molecule has 0 heterocycles. The first-order chi connectivity index (χ1) is 11.8. The molecule has 3 heteroatoms. The molecule has 25 heavy (non-hydrogen) atoms. The SMILES string of the molecule is [CH2-]CCCOCC1CCC(O)C1c1ccc(CCCCCC)cc1.[Y]. The number of benzene rings is 1. The second-order valence-corrected chi connectivity index (χ2v) is 7.26. The van der Waals surface area contributed by atoms with Crippen LogP contribution in [0.4, 0.5) is 0 Å². The molecule has 139 valence electrons. The number of unbranched alkanes of at least 4 members (excludes halogenated alkanes) is 4. The van der Waals surface area contributed by atoms with Crippen molar-refractivity contribution in [2.75, 3.05) is 13.2 Å². The van der Waals surface area contributed by atoms with Crippen LogP contribution in [-0.4, -0.2) is 24.4 Å². The average molecular weight is 420 g/mol. The largest absolute Gasteiger partial charge is 0.392 e. The molecule has 1 aromatic rings. The van der Waals surface area contributed by atoms with Gasteiger partial charge in [-0.25, -0.2) is 0 Å². The maximum Gasteiger partial charge on any atom is 0.0612 e. The van der Waals surface area contributed by atoms with Crippen LogP contribution in [0.2, 0.25) is 0 Å². The van der Waals surface area contributed by atoms with Crippen LogP contribution in [-0.2, 0) is 43.9 Å². The zero-order chi connectivity index (χ0) is 17.2. The van der Waals surface area contributed by atoms with Crippen molar-refractivity contribution < 1.29 is 42.6 Å². The standard InChI is InChI=1S/C22H35O2.Y/c1-3-5-7-8-9-18-10-12-19(13-11-18)22-20(14-15-21(22)23)17-24-16-6-4-2;/h10-13,20-23H,2-9,14-17H2,1H3;/q-1;. The van der Waals surface area contributed by atoms with Crippen molar-refractivity contribution in [3.63, 3.8) is 0 Å². The van der Waals surface area contributed by atoms with Gasteiger partial charge in [0.25, 0.3) is 0 Å².